The van der Waals surface area contributed by atoms with E-state index in [1.807, 2.05) is 6.07 Å². The Hall–Kier alpha value is -3.42. The molecule has 0 unspecified atom stereocenters. The van der Waals surface area contributed by atoms with Crippen LogP contribution < -0.4 is 5.73 Å². The lowest BCUT2D eigenvalue weighted by molar-refractivity contribution is 0.475. The molecule has 0 aliphatic rings. The maximum Gasteiger partial charge on any atom is 0.143 e. The average molecular weight is 334 g/mol. The third kappa shape index (κ3) is 2.76. The number of hydrogen-bond donors (Lipinski definition) is 2. The molecule has 0 radical (unpaired) electrons. The molecule has 0 fully saturated rings. The Morgan fingerprint density at radius 3 is 2.38 bits per heavy atom. The molecule has 116 valence electrons. The summed E-state index contributed by atoms with van der Waals surface area (Å²) in [4.78, 5) is 4.96. The molecular formula is C17H10N4O2S. The number of aromatic nitrogens is 1. The molecule has 0 aliphatic heterocycles. The molecule has 6 nitrogen and oxygen atoms in total. The number of nitrogens with zero attached hydrogens (tertiary/aromatic N) is 3. The molecule has 0 saturated heterocycles. The molecule has 2 heterocycles. The first-order valence-electron chi connectivity index (χ1n) is 6.78. The number of anilines is 1. The van der Waals surface area contributed by atoms with Gasteiger partial charge in [-0.05, 0) is 36.4 Å². The van der Waals surface area contributed by atoms with E-state index in [2.05, 4.69) is 11.1 Å². The highest BCUT2D eigenvalue weighted by atomic mass is 32.2. The highest BCUT2D eigenvalue weighted by Crippen LogP contribution is 2.38. The highest BCUT2D eigenvalue weighted by Gasteiger charge is 2.22. The van der Waals surface area contributed by atoms with E-state index in [1.54, 1.807) is 24.3 Å². The monoisotopic (exact) mass is 334 g/mol. The van der Waals surface area contributed by atoms with Crippen LogP contribution in [0, 0.1) is 22.7 Å². The van der Waals surface area contributed by atoms with Gasteiger partial charge >= 0.3 is 0 Å². The second-order valence-electron chi connectivity index (χ2n) is 4.72. The third-order valence-corrected chi connectivity index (χ3v) is 4.23. The van der Waals surface area contributed by atoms with E-state index < -0.39 is 0 Å². The van der Waals surface area contributed by atoms with Gasteiger partial charge in [-0.25, -0.2) is 4.98 Å². The number of pyridine rings is 1. The van der Waals surface area contributed by atoms with Crippen LogP contribution >= 0.6 is 11.8 Å². The highest BCUT2D eigenvalue weighted by molar-refractivity contribution is 7.99. The topological polar surface area (TPSA) is 120 Å². The lowest BCUT2D eigenvalue weighted by Gasteiger charge is -2.11. The van der Waals surface area contributed by atoms with Crippen LogP contribution in [0.4, 0.5) is 5.82 Å². The van der Waals surface area contributed by atoms with Gasteiger partial charge in [0.15, 0.2) is 0 Å². The summed E-state index contributed by atoms with van der Waals surface area (Å²) in [6, 6.07) is 13.9. The van der Waals surface area contributed by atoms with Gasteiger partial charge in [-0.1, -0.05) is 11.8 Å². The number of aromatic hydroxyl groups is 1. The van der Waals surface area contributed by atoms with Crippen molar-refractivity contribution in [1.82, 2.24) is 4.98 Å². The van der Waals surface area contributed by atoms with E-state index in [0.717, 1.165) is 4.90 Å². The minimum atomic E-state index is 0.0316. The van der Waals surface area contributed by atoms with E-state index >= 15 is 0 Å². The van der Waals surface area contributed by atoms with Crippen LogP contribution in [0.15, 0.2) is 57.0 Å². The summed E-state index contributed by atoms with van der Waals surface area (Å²) in [5.74, 6) is 0.553. The van der Waals surface area contributed by atoms with Crippen molar-refractivity contribution in [3.8, 4) is 29.2 Å². The van der Waals surface area contributed by atoms with Crippen LogP contribution in [0.2, 0.25) is 0 Å². The van der Waals surface area contributed by atoms with Crippen LogP contribution in [0.5, 0.6) is 5.75 Å². The van der Waals surface area contributed by atoms with E-state index in [0.29, 0.717) is 16.3 Å². The number of benzene rings is 1. The fourth-order valence-corrected chi connectivity index (χ4v) is 3.05. The van der Waals surface area contributed by atoms with E-state index in [1.165, 1.54) is 30.2 Å². The van der Waals surface area contributed by atoms with Gasteiger partial charge in [0, 0.05) is 4.90 Å². The Morgan fingerprint density at radius 1 is 1.08 bits per heavy atom. The number of rotatable bonds is 3. The van der Waals surface area contributed by atoms with Crippen molar-refractivity contribution in [2.75, 3.05) is 5.73 Å². The number of phenolic OH excluding ortho intramolecular Hbond substituents is 1. The Balaban J connectivity index is 2.19. The Morgan fingerprint density at radius 2 is 1.79 bits per heavy atom. The molecule has 0 aliphatic carbocycles. The molecule has 1 aromatic carbocycles. The average Bonchev–Trinajstić information content (AvgIpc) is 3.10. The molecule has 0 saturated carbocycles. The molecular weight excluding hydrogens is 324 g/mol. The second-order valence-corrected chi connectivity index (χ2v) is 5.79. The quantitative estimate of drug-likeness (QED) is 0.751. The minimum absolute atomic E-state index is 0.0316. The molecule has 3 aromatic rings. The number of nitriles is 2. The molecule has 3 rings (SSSR count). The Kier molecular flexibility index (Phi) is 4.11. The van der Waals surface area contributed by atoms with Crippen LogP contribution in [0.3, 0.4) is 0 Å². The van der Waals surface area contributed by atoms with E-state index in [-0.39, 0.29) is 22.7 Å². The fourth-order valence-electron chi connectivity index (χ4n) is 2.16. The van der Waals surface area contributed by atoms with Gasteiger partial charge in [0.25, 0.3) is 0 Å². The summed E-state index contributed by atoms with van der Waals surface area (Å²) in [6.07, 6.45) is 1.46. The zero-order valence-electron chi connectivity index (χ0n) is 12.2. The third-order valence-electron chi connectivity index (χ3n) is 3.23. The smallest absolute Gasteiger partial charge is 0.143 e. The number of hydrogen-bond acceptors (Lipinski definition) is 7. The molecule has 2 aromatic heterocycles. The Labute approximate surface area is 141 Å². The maximum atomic E-state index is 9.60. The molecule has 7 heteroatoms. The van der Waals surface area contributed by atoms with Crippen molar-refractivity contribution in [3.05, 3.63) is 53.8 Å². The van der Waals surface area contributed by atoms with Gasteiger partial charge in [0.2, 0.25) is 0 Å². The van der Waals surface area contributed by atoms with Gasteiger partial charge in [-0.2, -0.15) is 10.5 Å². The van der Waals surface area contributed by atoms with Crippen LogP contribution in [-0.4, -0.2) is 10.1 Å². The van der Waals surface area contributed by atoms with Crippen molar-refractivity contribution < 1.29 is 9.52 Å². The zero-order valence-corrected chi connectivity index (χ0v) is 13.0. The first-order valence-corrected chi connectivity index (χ1v) is 7.60. The Bertz CT molecular complexity index is 968. The first-order chi connectivity index (χ1) is 11.6. The van der Waals surface area contributed by atoms with Crippen LogP contribution in [-0.2, 0) is 0 Å². The summed E-state index contributed by atoms with van der Waals surface area (Å²) < 4.78 is 5.35. The summed E-state index contributed by atoms with van der Waals surface area (Å²) in [5.41, 5.74) is 6.56. The summed E-state index contributed by atoms with van der Waals surface area (Å²) >= 11 is 1.22. The van der Waals surface area contributed by atoms with Crippen molar-refractivity contribution in [2.24, 2.45) is 0 Å². The van der Waals surface area contributed by atoms with Crippen molar-refractivity contribution in [2.45, 2.75) is 9.92 Å². The lowest BCUT2D eigenvalue weighted by atomic mass is 10.0. The number of nitrogen functional groups attached to an aromatic ring is 1. The number of furan rings is 1. The molecule has 0 atom stereocenters. The van der Waals surface area contributed by atoms with Gasteiger partial charge in [-0.3, -0.25) is 0 Å². The minimum Gasteiger partial charge on any atom is -0.508 e. The number of phenols is 1. The van der Waals surface area contributed by atoms with Crippen LogP contribution in [0.25, 0.3) is 11.3 Å². The first kappa shape index (κ1) is 15.5. The zero-order chi connectivity index (χ0) is 17.1. The molecule has 0 amide bonds. The number of nitrogens with two attached hydrogens (primary N) is 1. The van der Waals surface area contributed by atoms with Crippen molar-refractivity contribution >= 4 is 17.6 Å². The maximum absolute atomic E-state index is 9.60. The van der Waals surface area contributed by atoms with Crippen molar-refractivity contribution in [3.63, 3.8) is 0 Å². The van der Waals surface area contributed by atoms with Gasteiger partial charge in [0.05, 0.1) is 17.4 Å². The largest absolute Gasteiger partial charge is 0.508 e. The van der Waals surface area contributed by atoms with Crippen molar-refractivity contribution in [1.29, 1.82) is 10.5 Å². The lowest BCUT2D eigenvalue weighted by Crippen LogP contribution is -2.02. The molecule has 0 spiro atoms. The molecule has 3 N–H and O–H groups in total. The SMILES string of the molecule is N#Cc1c(N)nc(Sc2ccc(O)cc2)c(C#N)c1-c1ccco1. The summed E-state index contributed by atoms with van der Waals surface area (Å²) in [5, 5.41) is 28.7. The standard InChI is InChI=1S/C17H10N4O2S/c18-8-12-15(14-2-1-7-23-14)13(9-19)17(21-16(12)20)24-11-5-3-10(22)4-6-11/h1-7,22H,(H2,20,21). The predicted octanol–water partition coefficient (Wildman–Crippen LogP) is 3.52. The predicted molar refractivity (Wildman–Crippen MR) is 88.0 cm³/mol. The molecule has 24 heavy (non-hydrogen) atoms. The molecule has 0 bridgehead atoms. The normalized spacial score (nSPS) is 10.1. The van der Waals surface area contributed by atoms with Gasteiger partial charge in [-0.15, -0.1) is 0 Å². The second kappa shape index (κ2) is 6.37. The van der Waals surface area contributed by atoms with Gasteiger partial charge in [0.1, 0.15) is 40.1 Å². The van der Waals surface area contributed by atoms with Crippen LogP contribution in [0.1, 0.15) is 11.1 Å². The van der Waals surface area contributed by atoms with E-state index in [9.17, 15) is 15.6 Å². The fraction of sp³-hybridized carbons (Fsp3) is 0. The summed E-state index contributed by atoms with van der Waals surface area (Å²) in [7, 11) is 0. The summed E-state index contributed by atoms with van der Waals surface area (Å²) in [6.45, 7) is 0. The van der Waals surface area contributed by atoms with E-state index in [4.69, 9.17) is 10.2 Å². The van der Waals surface area contributed by atoms with Gasteiger partial charge < -0.3 is 15.3 Å².